The number of carbonyl (C=O) groups excluding carboxylic acids is 1. The second-order valence-electron chi connectivity index (χ2n) is 7.71. The molecule has 0 unspecified atom stereocenters. The second kappa shape index (κ2) is 5.84. The van der Waals surface area contributed by atoms with Crippen molar-refractivity contribution in [1.82, 2.24) is 14.9 Å². The average molecular weight is 373 g/mol. The van der Waals surface area contributed by atoms with E-state index in [4.69, 9.17) is 5.73 Å². The minimum Gasteiger partial charge on any atom is -0.369 e. The molecular weight excluding hydrogens is 350 g/mol. The molecule has 2 aromatic rings. The predicted molar refractivity (Wildman–Crippen MR) is 102 cm³/mol. The third-order valence-corrected chi connectivity index (χ3v) is 6.71. The first kappa shape index (κ1) is 17.1. The molecule has 2 fully saturated rings. The van der Waals surface area contributed by atoms with Gasteiger partial charge in [0.05, 0.1) is 5.41 Å². The Balaban J connectivity index is 1.50. The number of amides is 1. The molecule has 138 valence electrons. The normalized spacial score (nSPS) is 24.5. The van der Waals surface area contributed by atoms with Gasteiger partial charge in [-0.05, 0) is 23.3 Å². The van der Waals surface area contributed by atoms with Gasteiger partial charge < -0.3 is 15.5 Å². The van der Waals surface area contributed by atoms with Gasteiger partial charge in [0.1, 0.15) is 5.82 Å². The van der Waals surface area contributed by atoms with Gasteiger partial charge in [-0.2, -0.15) is 4.98 Å². The molecule has 0 bridgehead atoms. The monoisotopic (exact) mass is 373 g/mol. The predicted octanol–water partition coefficient (Wildman–Crippen LogP) is 1.43. The fourth-order valence-electron chi connectivity index (χ4n) is 4.06. The molecule has 0 radical (unpaired) electrons. The molecule has 1 aliphatic carbocycles. The number of anilines is 2. The number of aromatic amines is 1. The lowest BCUT2D eigenvalue weighted by molar-refractivity contribution is -0.135. The Hall–Kier alpha value is -2.35. The minimum absolute atomic E-state index is 0.00516. The maximum atomic E-state index is 13.4. The molecule has 3 N–H and O–H groups in total. The summed E-state index contributed by atoms with van der Waals surface area (Å²) in [6.45, 7) is 6.87. The van der Waals surface area contributed by atoms with Gasteiger partial charge in [-0.25, -0.2) is 0 Å². The van der Waals surface area contributed by atoms with Gasteiger partial charge in [0.2, 0.25) is 11.9 Å². The molecule has 1 saturated heterocycles. The fourth-order valence-corrected chi connectivity index (χ4v) is 5.16. The number of H-pyrrole nitrogens is 1. The molecule has 1 atom stereocenters. The zero-order valence-corrected chi connectivity index (χ0v) is 15.8. The van der Waals surface area contributed by atoms with Crippen LogP contribution in [-0.2, 0) is 10.2 Å². The van der Waals surface area contributed by atoms with Gasteiger partial charge in [-0.1, -0.05) is 19.9 Å². The first-order chi connectivity index (χ1) is 12.3. The Labute approximate surface area is 155 Å². The van der Waals surface area contributed by atoms with Crippen molar-refractivity contribution in [2.45, 2.75) is 25.7 Å². The summed E-state index contributed by atoms with van der Waals surface area (Å²) < 4.78 is 0. The number of rotatable bonds is 3. The Morgan fingerprint density at radius 3 is 2.54 bits per heavy atom. The molecule has 1 saturated carbocycles. The quantitative estimate of drug-likeness (QED) is 0.849. The van der Waals surface area contributed by atoms with E-state index in [9.17, 15) is 9.59 Å². The number of carbonyl (C=O) groups is 1. The highest BCUT2D eigenvalue weighted by atomic mass is 32.1. The van der Waals surface area contributed by atoms with Crippen molar-refractivity contribution in [2.24, 2.45) is 5.41 Å². The van der Waals surface area contributed by atoms with Crippen molar-refractivity contribution in [3.05, 3.63) is 38.8 Å². The number of thiophene rings is 1. The van der Waals surface area contributed by atoms with Crippen LogP contribution in [0.1, 0.15) is 25.1 Å². The first-order valence-electron chi connectivity index (χ1n) is 8.79. The molecule has 26 heavy (non-hydrogen) atoms. The number of aromatic nitrogens is 2. The summed E-state index contributed by atoms with van der Waals surface area (Å²) in [6, 6.07) is 5.55. The third kappa shape index (κ3) is 2.59. The van der Waals surface area contributed by atoms with Gasteiger partial charge in [-0.3, -0.25) is 14.6 Å². The lowest BCUT2D eigenvalue weighted by Gasteiger charge is -2.37. The van der Waals surface area contributed by atoms with Crippen molar-refractivity contribution in [1.29, 1.82) is 0 Å². The van der Waals surface area contributed by atoms with Crippen LogP contribution in [0.3, 0.4) is 0 Å². The maximum absolute atomic E-state index is 13.4. The van der Waals surface area contributed by atoms with Crippen molar-refractivity contribution >= 4 is 29.0 Å². The fraction of sp³-hybridized carbons (Fsp3) is 0.500. The molecule has 2 aromatic heterocycles. The molecule has 1 aliphatic heterocycles. The lowest BCUT2D eigenvalue weighted by atomic mass is 9.92. The number of piperazine rings is 1. The smallest absolute Gasteiger partial charge is 0.254 e. The summed E-state index contributed by atoms with van der Waals surface area (Å²) in [5.41, 5.74) is 4.99. The third-order valence-electron chi connectivity index (χ3n) is 5.68. The Bertz CT molecular complexity index is 883. The van der Waals surface area contributed by atoms with Crippen LogP contribution in [-0.4, -0.2) is 47.0 Å². The van der Waals surface area contributed by atoms with Gasteiger partial charge in [0.25, 0.3) is 5.56 Å². The summed E-state index contributed by atoms with van der Waals surface area (Å²) in [7, 11) is 0. The van der Waals surface area contributed by atoms with E-state index >= 15 is 0 Å². The van der Waals surface area contributed by atoms with Crippen molar-refractivity contribution in [3.63, 3.8) is 0 Å². The molecule has 1 amide bonds. The summed E-state index contributed by atoms with van der Waals surface area (Å²) in [6.07, 6.45) is 0.895. The van der Waals surface area contributed by atoms with Crippen molar-refractivity contribution in [2.75, 3.05) is 36.8 Å². The van der Waals surface area contributed by atoms with Crippen LogP contribution in [0.15, 0.2) is 28.4 Å². The van der Waals surface area contributed by atoms with E-state index in [0.29, 0.717) is 32.0 Å². The Kier molecular flexibility index (Phi) is 3.83. The standard InChI is InChI=1S/C18H23N5O2S/c1-17(2)11-18(17,12-4-3-9-26-12)15(25)23-7-5-22(6-8-23)13-10-14(24)21-16(19)20-13/h3-4,9-10H,5-8,11H2,1-2H3,(H3,19,20,21,24)/t18-/m1/s1. The lowest BCUT2D eigenvalue weighted by Crippen LogP contribution is -2.52. The van der Waals surface area contributed by atoms with E-state index in [1.165, 1.54) is 10.9 Å². The summed E-state index contributed by atoms with van der Waals surface area (Å²) >= 11 is 1.67. The first-order valence-corrected chi connectivity index (χ1v) is 9.67. The van der Waals surface area contributed by atoms with Crippen LogP contribution in [0.2, 0.25) is 0 Å². The zero-order valence-electron chi connectivity index (χ0n) is 15.0. The topological polar surface area (TPSA) is 95.3 Å². The van der Waals surface area contributed by atoms with E-state index in [0.717, 1.165) is 6.42 Å². The maximum Gasteiger partial charge on any atom is 0.254 e. The van der Waals surface area contributed by atoms with E-state index in [-0.39, 0.29) is 28.2 Å². The Morgan fingerprint density at radius 2 is 2.00 bits per heavy atom. The SMILES string of the molecule is CC1(C)C[C@]1(C(=O)N1CCN(c2cc(=O)[nH]c(N)n2)CC1)c1cccs1. The minimum atomic E-state index is -0.379. The molecule has 0 spiro atoms. The van der Waals surface area contributed by atoms with E-state index in [1.807, 2.05) is 21.2 Å². The van der Waals surface area contributed by atoms with Crippen molar-refractivity contribution < 1.29 is 4.79 Å². The molecule has 2 aliphatic rings. The van der Waals surface area contributed by atoms with Crippen LogP contribution < -0.4 is 16.2 Å². The highest BCUT2D eigenvalue weighted by molar-refractivity contribution is 7.10. The largest absolute Gasteiger partial charge is 0.369 e. The highest BCUT2D eigenvalue weighted by Gasteiger charge is 2.68. The van der Waals surface area contributed by atoms with Crippen molar-refractivity contribution in [3.8, 4) is 0 Å². The highest BCUT2D eigenvalue weighted by Crippen LogP contribution is 2.66. The number of nitrogens with zero attached hydrogens (tertiary/aromatic N) is 3. The summed E-state index contributed by atoms with van der Waals surface area (Å²) in [4.78, 5) is 36.8. The molecule has 8 heteroatoms. The van der Waals surface area contributed by atoms with E-state index in [2.05, 4.69) is 29.9 Å². The molecule has 7 nitrogen and oxygen atoms in total. The molecule has 4 rings (SSSR count). The van der Waals surface area contributed by atoms with Crippen LogP contribution in [0.5, 0.6) is 0 Å². The van der Waals surface area contributed by atoms with Gasteiger partial charge >= 0.3 is 0 Å². The summed E-state index contributed by atoms with van der Waals surface area (Å²) in [5, 5.41) is 2.04. The number of hydrogen-bond acceptors (Lipinski definition) is 6. The number of nitrogen functional groups attached to an aromatic ring is 1. The molecule has 3 heterocycles. The van der Waals surface area contributed by atoms with Gasteiger partial charge in [0.15, 0.2) is 0 Å². The van der Waals surface area contributed by atoms with E-state index in [1.54, 1.807) is 11.3 Å². The van der Waals surface area contributed by atoms with Gasteiger partial charge in [0, 0.05) is 37.1 Å². The average Bonchev–Trinajstić information content (AvgIpc) is 2.97. The summed E-state index contributed by atoms with van der Waals surface area (Å²) in [5.74, 6) is 0.906. The van der Waals surface area contributed by atoms with E-state index < -0.39 is 0 Å². The van der Waals surface area contributed by atoms with Gasteiger partial charge in [-0.15, -0.1) is 11.3 Å². The number of hydrogen-bond donors (Lipinski definition) is 2. The number of nitrogens with one attached hydrogen (secondary N) is 1. The van der Waals surface area contributed by atoms with Crippen LogP contribution >= 0.6 is 11.3 Å². The number of nitrogens with two attached hydrogens (primary N) is 1. The van der Waals surface area contributed by atoms with Crippen LogP contribution in [0.25, 0.3) is 0 Å². The molecular formula is C18H23N5O2S. The Morgan fingerprint density at radius 1 is 1.31 bits per heavy atom. The molecule has 0 aromatic carbocycles. The van der Waals surface area contributed by atoms with Crippen LogP contribution in [0, 0.1) is 5.41 Å². The second-order valence-corrected chi connectivity index (χ2v) is 8.66. The zero-order chi connectivity index (χ0) is 18.5. The van der Waals surface area contributed by atoms with Crippen LogP contribution in [0.4, 0.5) is 11.8 Å².